The van der Waals surface area contributed by atoms with Crippen molar-refractivity contribution in [3.05, 3.63) is 58.1 Å². The van der Waals surface area contributed by atoms with Crippen LogP contribution < -0.4 is 14.4 Å². The van der Waals surface area contributed by atoms with Gasteiger partial charge in [0, 0.05) is 17.6 Å². The van der Waals surface area contributed by atoms with Crippen LogP contribution in [0.15, 0.2) is 42.5 Å². The highest BCUT2D eigenvalue weighted by Crippen LogP contribution is 2.30. The number of ether oxygens (including phenoxy) is 1. The van der Waals surface area contributed by atoms with Crippen LogP contribution in [-0.4, -0.2) is 57.1 Å². The second kappa shape index (κ2) is 13.2. The van der Waals surface area contributed by atoms with Gasteiger partial charge < -0.3 is 15.0 Å². The number of sulfonamides is 1. The van der Waals surface area contributed by atoms with Crippen molar-refractivity contribution >= 4 is 50.7 Å². The molecular formula is C25H33Cl2N3O5S. The molecule has 0 radical (unpaired) electrons. The fraction of sp³-hybridized carbons (Fsp3) is 0.440. The van der Waals surface area contributed by atoms with Crippen LogP contribution >= 0.6 is 23.2 Å². The molecule has 1 N–H and O–H groups in total. The Hall–Kier alpha value is -2.49. The second-order valence-electron chi connectivity index (χ2n) is 8.48. The predicted octanol–water partition coefficient (Wildman–Crippen LogP) is 4.49. The summed E-state index contributed by atoms with van der Waals surface area (Å²) in [5.74, 6) is -0.198. The highest BCUT2D eigenvalue weighted by molar-refractivity contribution is 7.92. The second-order valence-corrected chi connectivity index (χ2v) is 11.2. The summed E-state index contributed by atoms with van der Waals surface area (Å²) in [4.78, 5) is 28.2. The lowest BCUT2D eigenvalue weighted by atomic mass is 10.1. The SMILES string of the molecule is CC[C@H](C(=O)N[C@@H](C)CC)N(Cc1ccc(OC)cc1)C(=O)CN(c1ccc(Cl)cc1Cl)S(C)(=O)=O. The summed E-state index contributed by atoms with van der Waals surface area (Å²) >= 11 is 12.2. The zero-order chi connectivity index (χ0) is 27.0. The number of hydrogen-bond donors (Lipinski definition) is 1. The van der Waals surface area contributed by atoms with Crippen LogP contribution in [0.3, 0.4) is 0 Å². The molecule has 2 atom stereocenters. The lowest BCUT2D eigenvalue weighted by Crippen LogP contribution is -2.53. The summed E-state index contributed by atoms with van der Waals surface area (Å²) in [5.41, 5.74) is 0.882. The summed E-state index contributed by atoms with van der Waals surface area (Å²) < 4.78 is 31.5. The van der Waals surface area contributed by atoms with E-state index in [9.17, 15) is 18.0 Å². The molecule has 2 aromatic carbocycles. The Morgan fingerprint density at radius 1 is 1.06 bits per heavy atom. The molecule has 0 unspecified atom stereocenters. The third-order valence-electron chi connectivity index (χ3n) is 5.76. The molecular weight excluding hydrogens is 525 g/mol. The first-order valence-corrected chi connectivity index (χ1v) is 14.2. The normalized spacial score (nSPS) is 13.0. The fourth-order valence-electron chi connectivity index (χ4n) is 3.57. The van der Waals surface area contributed by atoms with Gasteiger partial charge in [0.15, 0.2) is 0 Å². The van der Waals surface area contributed by atoms with Gasteiger partial charge in [0.2, 0.25) is 21.8 Å². The lowest BCUT2D eigenvalue weighted by molar-refractivity contribution is -0.140. The summed E-state index contributed by atoms with van der Waals surface area (Å²) in [7, 11) is -2.34. The number of hydrogen-bond acceptors (Lipinski definition) is 5. The van der Waals surface area contributed by atoms with Crippen LogP contribution in [0.25, 0.3) is 0 Å². The molecule has 0 aliphatic heterocycles. The van der Waals surface area contributed by atoms with Gasteiger partial charge in [-0.3, -0.25) is 13.9 Å². The molecule has 0 aliphatic carbocycles. The molecule has 0 saturated heterocycles. The summed E-state index contributed by atoms with van der Waals surface area (Å²) in [6, 6.07) is 10.6. The maximum atomic E-state index is 13.7. The largest absolute Gasteiger partial charge is 0.497 e. The lowest BCUT2D eigenvalue weighted by Gasteiger charge is -2.33. The van der Waals surface area contributed by atoms with E-state index in [1.165, 1.54) is 23.1 Å². The van der Waals surface area contributed by atoms with Gasteiger partial charge in [0.1, 0.15) is 18.3 Å². The average Bonchev–Trinajstić information content (AvgIpc) is 2.82. The van der Waals surface area contributed by atoms with Gasteiger partial charge in [-0.2, -0.15) is 0 Å². The summed E-state index contributed by atoms with van der Waals surface area (Å²) in [6.45, 7) is 5.20. The number of nitrogens with zero attached hydrogens (tertiary/aromatic N) is 2. The van der Waals surface area contributed by atoms with E-state index in [1.807, 2.05) is 13.8 Å². The monoisotopic (exact) mass is 557 g/mol. The van der Waals surface area contributed by atoms with Crippen molar-refractivity contribution in [2.45, 2.75) is 52.2 Å². The Balaban J connectivity index is 2.46. The standard InChI is InChI=1S/C25H33Cl2N3O5S/c1-6-17(3)28-25(32)22(7-2)29(15-18-8-11-20(35-4)12-9-18)24(31)16-30(36(5,33)34)23-13-10-19(26)14-21(23)27/h8-14,17,22H,6-7,15-16H2,1-5H3,(H,28,32)/t17-,22+/m0/s1. The van der Waals surface area contributed by atoms with E-state index in [0.717, 1.165) is 22.5 Å². The van der Waals surface area contributed by atoms with Crippen LogP contribution in [0, 0.1) is 0 Å². The number of carbonyl (C=O) groups is 2. The van der Waals surface area contributed by atoms with Crippen LogP contribution in [-0.2, 0) is 26.2 Å². The topological polar surface area (TPSA) is 96.0 Å². The third-order valence-corrected chi connectivity index (χ3v) is 7.42. The Bertz CT molecular complexity index is 1160. The molecule has 36 heavy (non-hydrogen) atoms. The molecule has 0 aromatic heterocycles. The highest BCUT2D eigenvalue weighted by atomic mass is 35.5. The minimum Gasteiger partial charge on any atom is -0.497 e. The van der Waals surface area contributed by atoms with Crippen LogP contribution in [0.2, 0.25) is 10.0 Å². The maximum absolute atomic E-state index is 13.7. The van der Waals surface area contributed by atoms with Gasteiger partial charge in [-0.05, 0) is 55.7 Å². The highest BCUT2D eigenvalue weighted by Gasteiger charge is 2.32. The van der Waals surface area contributed by atoms with E-state index in [-0.39, 0.29) is 29.2 Å². The molecule has 0 saturated carbocycles. The van der Waals surface area contributed by atoms with E-state index in [2.05, 4.69) is 5.32 Å². The minimum absolute atomic E-state index is 0.0788. The maximum Gasteiger partial charge on any atom is 0.244 e. The van der Waals surface area contributed by atoms with Crippen LogP contribution in [0.5, 0.6) is 5.75 Å². The van der Waals surface area contributed by atoms with Gasteiger partial charge in [-0.15, -0.1) is 0 Å². The molecule has 0 aliphatic rings. The van der Waals surface area contributed by atoms with Crippen molar-refractivity contribution in [1.82, 2.24) is 10.2 Å². The van der Waals surface area contributed by atoms with Crippen molar-refractivity contribution in [2.75, 3.05) is 24.2 Å². The predicted molar refractivity (Wildman–Crippen MR) is 144 cm³/mol. The summed E-state index contributed by atoms with van der Waals surface area (Å²) in [5, 5.41) is 3.35. The molecule has 2 aromatic rings. The Morgan fingerprint density at radius 3 is 2.19 bits per heavy atom. The van der Waals surface area contributed by atoms with Crippen molar-refractivity contribution in [2.24, 2.45) is 0 Å². The first-order valence-electron chi connectivity index (χ1n) is 11.6. The van der Waals surface area contributed by atoms with Crippen molar-refractivity contribution in [3.8, 4) is 5.75 Å². The molecule has 0 heterocycles. The minimum atomic E-state index is -3.90. The van der Waals surface area contributed by atoms with Crippen molar-refractivity contribution < 1.29 is 22.7 Å². The third kappa shape index (κ3) is 8.01. The van der Waals surface area contributed by atoms with E-state index in [1.54, 1.807) is 38.3 Å². The van der Waals surface area contributed by atoms with Crippen molar-refractivity contribution in [3.63, 3.8) is 0 Å². The number of halogens is 2. The Morgan fingerprint density at radius 2 is 1.69 bits per heavy atom. The molecule has 0 spiro atoms. The average molecular weight is 559 g/mol. The van der Waals surface area contributed by atoms with E-state index in [4.69, 9.17) is 27.9 Å². The van der Waals surface area contributed by atoms with Crippen molar-refractivity contribution in [1.29, 1.82) is 0 Å². The molecule has 2 rings (SSSR count). The molecule has 2 amide bonds. The number of amides is 2. The van der Waals surface area contributed by atoms with E-state index in [0.29, 0.717) is 17.2 Å². The smallest absolute Gasteiger partial charge is 0.244 e. The Labute approximate surface area is 223 Å². The first kappa shape index (κ1) is 29.7. The van der Waals surface area contributed by atoms with Gasteiger partial charge in [0.25, 0.3) is 0 Å². The number of carbonyl (C=O) groups excluding carboxylic acids is 2. The molecule has 0 bridgehead atoms. The molecule has 8 nitrogen and oxygen atoms in total. The summed E-state index contributed by atoms with van der Waals surface area (Å²) in [6.07, 6.45) is 2.06. The zero-order valence-electron chi connectivity index (χ0n) is 21.1. The zero-order valence-corrected chi connectivity index (χ0v) is 23.5. The van der Waals surface area contributed by atoms with E-state index < -0.39 is 28.5 Å². The number of nitrogens with one attached hydrogen (secondary N) is 1. The van der Waals surface area contributed by atoms with Gasteiger partial charge in [0.05, 0.1) is 24.1 Å². The molecule has 11 heteroatoms. The first-order chi connectivity index (χ1) is 16.9. The van der Waals surface area contributed by atoms with Gasteiger partial charge >= 0.3 is 0 Å². The fourth-order valence-corrected chi connectivity index (χ4v) is 4.99. The quantitative estimate of drug-likeness (QED) is 0.414. The van der Waals surface area contributed by atoms with Crippen LogP contribution in [0.1, 0.15) is 39.2 Å². The number of methoxy groups -OCH3 is 1. The molecule has 0 fully saturated rings. The van der Waals surface area contributed by atoms with Crippen LogP contribution in [0.4, 0.5) is 5.69 Å². The number of anilines is 1. The van der Waals surface area contributed by atoms with Gasteiger partial charge in [-0.25, -0.2) is 8.42 Å². The molecule has 198 valence electrons. The number of rotatable bonds is 12. The van der Waals surface area contributed by atoms with Gasteiger partial charge in [-0.1, -0.05) is 49.2 Å². The number of benzene rings is 2. The Kier molecular flexibility index (Phi) is 10.9. The van der Waals surface area contributed by atoms with E-state index >= 15 is 0 Å².